The third kappa shape index (κ3) is 4.82. The first kappa shape index (κ1) is 23.6. The highest BCUT2D eigenvalue weighted by atomic mass is 35.5. The predicted molar refractivity (Wildman–Crippen MR) is 139 cm³/mol. The number of imidazole rings is 1. The normalized spacial score (nSPS) is 19.8. The molecule has 0 amide bonds. The summed E-state index contributed by atoms with van der Waals surface area (Å²) in [5, 5.41) is 24.0. The van der Waals surface area contributed by atoms with E-state index < -0.39 is 18.3 Å². The Morgan fingerprint density at radius 1 is 1.05 bits per heavy atom. The molecule has 0 radical (unpaired) electrons. The third-order valence-electron chi connectivity index (χ3n) is 6.42. The van der Waals surface area contributed by atoms with Gasteiger partial charge in [0.25, 0.3) is 6.01 Å². The van der Waals surface area contributed by atoms with Crippen LogP contribution >= 0.6 is 11.6 Å². The number of aliphatic hydroxyl groups is 2. The van der Waals surface area contributed by atoms with Gasteiger partial charge in [0.15, 0.2) is 5.65 Å². The van der Waals surface area contributed by atoms with Crippen LogP contribution in [0.15, 0.2) is 73.1 Å². The van der Waals surface area contributed by atoms with Crippen molar-refractivity contribution < 1.29 is 19.7 Å². The van der Waals surface area contributed by atoms with E-state index in [4.69, 9.17) is 21.1 Å². The Morgan fingerprint density at radius 2 is 1.78 bits per heavy atom. The van der Waals surface area contributed by atoms with Gasteiger partial charge in [0, 0.05) is 24.4 Å². The van der Waals surface area contributed by atoms with Crippen LogP contribution < -0.4 is 4.74 Å². The fourth-order valence-electron chi connectivity index (χ4n) is 4.45. The number of ether oxygens (including phenoxy) is 2. The van der Waals surface area contributed by atoms with Crippen LogP contribution in [0.25, 0.3) is 39.2 Å². The molecule has 10 heteroatoms. The molecule has 1 fully saturated rings. The second-order valence-corrected chi connectivity index (χ2v) is 9.31. The van der Waals surface area contributed by atoms with E-state index in [-0.39, 0.29) is 19.2 Å². The van der Waals surface area contributed by atoms with E-state index in [9.17, 15) is 10.2 Å². The molecular weight excluding hydrogens is 494 g/mol. The quantitative estimate of drug-likeness (QED) is 0.311. The zero-order chi connectivity index (χ0) is 25.4. The standard InChI is InChI=1S/C27H24ClN5O4/c28-21-13-22-26(32-27(30-22)37-20-12-23(35)24(14-34)36-15-20)31-25(21)18-4-2-16(3-5-18)17-6-8-19(9-7-17)33-11-1-10-29-33/h1-11,13,20,23-24,34-35H,12,14-15H2,(H,30,31,32)/t20-,23+,24?/m1/s1. The lowest BCUT2D eigenvalue weighted by Crippen LogP contribution is -2.45. The van der Waals surface area contributed by atoms with Gasteiger partial charge < -0.3 is 24.7 Å². The molecule has 3 N–H and O–H groups in total. The molecule has 3 aromatic heterocycles. The minimum atomic E-state index is -0.801. The molecule has 1 saturated heterocycles. The molecule has 0 bridgehead atoms. The predicted octanol–water partition coefficient (Wildman–Crippen LogP) is 4.02. The average Bonchev–Trinajstić information content (AvgIpc) is 3.59. The molecular formula is C27H24ClN5O4. The minimum absolute atomic E-state index is 0.233. The lowest BCUT2D eigenvalue weighted by molar-refractivity contribution is -0.131. The zero-order valence-electron chi connectivity index (χ0n) is 19.7. The molecule has 1 aliphatic rings. The number of aliphatic hydroxyl groups excluding tert-OH is 2. The van der Waals surface area contributed by atoms with Crippen molar-refractivity contribution in [2.75, 3.05) is 13.2 Å². The molecule has 5 aromatic rings. The zero-order valence-corrected chi connectivity index (χ0v) is 20.4. The Morgan fingerprint density at radius 3 is 2.46 bits per heavy atom. The van der Waals surface area contributed by atoms with Gasteiger partial charge >= 0.3 is 0 Å². The summed E-state index contributed by atoms with van der Waals surface area (Å²) in [5.41, 5.74) is 5.76. The molecule has 188 valence electrons. The number of halogens is 1. The van der Waals surface area contributed by atoms with E-state index >= 15 is 0 Å². The third-order valence-corrected chi connectivity index (χ3v) is 6.71. The summed E-state index contributed by atoms with van der Waals surface area (Å²) in [5.74, 6) is 0. The van der Waals surface area contributed by atoms with Crippen LogP contribution in [0.4, 0.5) is 0 Å². The van der Waals surface area contributed by atoms with E-state index in [0.717, 1.165) is 22.4 Å². The number of hydrogen-bond donors (Lipinski definition) is 3. The Labute approximate surface area is 217 Å². The number of rotatable bonds is 6. The number of nitrogens with zero attached hydrogens (tertiary/aromatic N) is 4. The molecule has 4 heterocycles. The number of hydrogen-bond acceptors (Lipinski definition) is 7. The van der Waals surface area contributed by atoms with Crippen molar-refractivity contribution in [1.29, 1.82) is 0 Å². The Balaban J connectivity index is 1.20. The van der Waals surface area contributed by atoms with Gasteiger partial charge in [0.1, 0.15) is 12.2 Å². The highest BCUT2D eigenvalue weighted by Gasteiger charge is 2.31. The van der Waals surface area contributed by atoms with Gasteiger partial charge in [-0.1, -0.05) is 48.0 Å². The lowest BCUT2D eigenvalue weighted by Gasteiger charge is -2.31. The van der Waals surface area contributed by atoms with Crippen LogP contribution in [0.3, 0.4) is 0 Å². The van der Waals surface area contributed by atoms with Crippen LogP contribution in [0.5, 0.6) is 6.01 Å². The largest absolute Gasteiger partial charge is 0.459 e. The fourth-order valence-corrected chi connectivity index (χ4v) is 4.71. The Hall–Kier alpha value is -3.76. The highest BCUT2D eigenvalue weighted by molar-refractivity contribution is 6.33. The average molecular weight is 518 g/mol. The van der Waals surface area contributed by atoms with Crippen molar-refractivity contribution in [1.82, 2.24) is 24.7 Å². The summed E-state index contributed by atoms with van der Waals surface area (Å²) < 4.78 is 13.1. The molecule has 9 nitrogen and oxygen atoms in total. The molecule has 3 atom stereocenters. The number of H-pyrrole nitrogens is 1. The first-order chi connectivity index (χ1) is 18.1. The van der Waals surface area contributed by atoms with Crippen LogP contribution in [-0.4, -0.2) is 66.5 Å². The molecule has 2 aromatic carbocycles. The van der Waals surface area contributed by atoms with Gasteiger partial charge in [-0.05, 0) is 35.4 Å². The van der Waals surface area contributed by atoms with Crippen molar-refractivity contribution >= 4 is 22.8 Å². The van der Waals surface area contributed by atoms with E-state index in [1.165, 1.54) is 0 Å². The molecule has 0 spiro atoms. The summed E-state index contributed by atoms with van der Waals surface area (Å²) in [6.45, 7) is 0.0140. The minimum Gasteiger partial charge on any atom is -0.459 e. The lowest BCUT2D eigenvalue weighted by atomic mass is 10.0. The maximum Gasteiger partial charge on any atom is 0.296 e. The van der Waals surface area contributed by atoms with Gasteiger partial charge in [-0.3, -0.25) is 0 Å². The van der Waals surface area contributed by atoms with Crippen molar-refractivity contribution in [3.8, 4) is 34.1 Å². The van der Waals surface area contributed by atoms with Gasteiger partial charge in [-0.2, -0.15) is 10.1 Å². The van der Waals surface area contributed by atoms with E-state index in [1.807, 2.05) is 53.3 Å². The Bertz CT molecular complexity index is 1500. The SMILES string of the molecule is OCC1OC[C@H](Oc2nc3nc(-c4ccc(-c5ccc(-n6cccn6)cc5)cc4)c(Cl)cc3[nH]2)C[C@@H]1O. The van der Waals surface area contributed by atoms with Crippen LogP contribution in [0.1, 0.15) is 6.42 Å². The summed E-state index contributed by atoms with van der Waals surface area (Å²) in [7, 11) is 0. The van der Waals surface area contributed by atoms with Gasteiger partial charge in [0.05, 0.1) is 41.2 Å². The van der Waals surface area contributed by atoms with Crippen LogP contribution in [0, 0.1) is 0 Å². The first-order valence-corrected chi connectivity index (χ1v) is 12.3. The maximum atomic E-state index is 10.1. The number of nitrogens with one attached hydrogen (secondary N) is 1. The van der Waals surface area contributed by atoms with Crippen LogP contribution in [-0.2, 0) is 4.74 Å². The maximum absolute atomic E-state index is 10.1. The number of aromatic nitrogens is 5. The molecule has 6 rings (SSSR count). The monoisotopic (exact) mass is 517 g/mol. The molecule has 37 heavy (non-hydrogen) atoms. The van der Waals surface area contributed by atoms with E-state index in [2.05, 4.69) is 32.2 Å². The van der Waals surface area contributed by atoms with E-state index in [1.54, 1.807) is 12.3 Å². The van der Waals surface area contributed by atoms with E-state index in [0.29, 0.717) is 28.3 Å². The summed E-state index contributed by atoms with van der Waals surface area (Å²) in [4.78, 5) is 12.2. The number of pyridine rings is 1. The number of aromatic amines is 1. The number of benzene rings is 2. The van der Waals surface area contributed by atoms with Crippen molar-refractivity contribution in [3.63, 3.8) is 0 Å². The first-order valence-electron chi connectivity index (χ1n) is 11.9. The topological polar surface area (TPSA) is 118 Å². The summed E-state index contributed by atoms with van der Waals surface area (Å²) >= 11 is 6.58. The van der Waals surface area contributed by atoms with Crippen LogP contribution in [0.2, 0.25) is 5.02 Å². The summed E-state index contributed by atoms with van der Waals surface area (Å²) in [6.07, 6.45) is 2.21. The molecule has 0 aliphatic carbocycles. The van der Waals surface area contributed by atoms with Crippen molar-refractivity contribution in [2.45, 2.75) is 24.7 Å². The van der Waals surface area contributed by atoms with Gasteiger partial charge in [0.2, 0.25) is 0 Å². The second-order valence-electron chi connectivity index (χ2n) is 8.90. The molecule has 0 saturated carbocycles. The molecule has 1 aliphatic heterocycles. The van der Waals surface area contributed by atoms with Gasteiger partial charge in [-0.25, -0.2) is 9.67 Å². The highest BCUT2D eigenvalue weighted by Crippen LogP contribution is 2.32. The summed E-state index contributed by atoms with van der Waals surface area (Å²) in [6, 6.07) is 20.2. The molecule has 1 unspecified atom stereocenters. The van der Waals surface area contributed by atoms with Gasteiger partial charge in [-0.15, -0.1) is 0 Å². The smallest absolute Gasteiger partial charge is 0.296 e. The number of fused-ring (bicyclic) bond motifs is 1. The second kappa shape index (κ2) is 9.95. The fraction of sp³-hybridized carbons (Fsp3) is 0.222. The Kier molecular flexibility index (Phi) is 6.35. The van der Waals surface area contributed by atoms with Crippen molar-refractivity contribution in [2.24, 2.45) is 0 Å². The van der Waals surface area contributed by atoms with Crippen molar-refractivity contribution in [3.05, 3.63) is 78.1 Å².